The third kappa shape index (κ3) is 3.19. The number of nitrogens with zero attached hydrogens (tertiary/aromatic N) is 1. The van der Waals surface area contributed by atoms with E-state index < -0.39 is 0 Å². The average Bonchev–Trinajstić information content (AvgIpc) is 2.93. The highest BCUT2D eigenvalue weighted by molar-refractivity contribution is 5.94. The molecule has 0 unspecified atom stereocenters. The maximum absolute atomic E-state index is 12.5. The van der Waals surface area contributed by atoms with Crippen molar-refractivity contribution in [3.63, 3.8) is 0 Å². The molecule has 22 heavy (non-hydrogen) atoms. The van der Waals surface area contributed by atoms with Crippen LogP contribution in [0.2, 0.25) is 0 Å². The van der Waals surface area contributed by atoms with Crippen molar-refractivity contribution in [2.75, 3.05) is 25.2 Å². The normalized spacial score (nSPS) is 25.8. The van der Waals surface area contributed by atoms with Crippen molar-refractivity contribution in [2.45, 2.75) is 33.2 Å². The highest BCUT2D eigenvalue weighted by atomic mass is 16.7. The molecule has 2 aliphatic rings. The summed E-state index contributed by atoms with van der Waals surface area (Å²) in [6.07, 6.45) is 1.24. The van der Waals surface area contributed by atoms with Crippen molar-refractivity contribution in [2.24, 2.45) is 11.8 Å². The van der Waals surface area contributed by atoms with Gasteiger partial charge in [0.25, 0.3) is 0 Å². The first-order valence-corrected chi connectivity index (χ1v) is 7.97. The number of fused-ring (bicyclic) bond motifs is 1. The Morgan fingerprint density at radius 1 is 1.23 bits per heavy atom. The summed E-state index contributed by atoms with van der Waals surface area (Å²) in [7, 11) is 0. The summed E-state index contributed by atoms with van der Waals surface area (Å²) in [5, 5.41) is 2.98. The minimum atomic E-state index is -0.129. The Hall–Kier alpha value is -1.75. The van der Waals surface area contributed by atoms with Crippen LogP contribution in [0.5, 0.6) is 11.5 Å². The zero-order valence-electron chi connectivity index (χ0n) is 13.5. The van der Waals surface area contributed by atoms with Gasteiger partial charge < -0.3 is 14.8 Å². The van der Waals surface area contributed by atoms with E-state index in [9.17, 15) is 4.79 Å². The number of rotatable bonds is 3. The fourth-order valence-corrected chi connectivity index (χ4v) is 3.41. The van der Waals surface area contributed by atoms with E-state index in [1.165, 1.54) is 6.42 Å². The smallest absolute Gasteiger partial charge is 0.241 e. The van der Waals surface area contributed by atoms with E-state index in [0.717, 1.165) is 24.5 Å². The summed E-state index contributed by atoms with van der Waals surface area (Å²) in [6, 6.07) is 5.36. The van der Waals surface area contributed by atoms with Gasteiger partial charge in [-0.2, -0.15) is 0 Å². The number of carbonyl (C=O) groups is 1. The van der Waals surface area contributed by atoms with Crippen LogP contribution in [-0.2, 0) is 4.79 Å². The number of carbonyl (C=O) groups excluding carboxylic acids is 1. The Kier molecular flexibility index (Phi) is 4.25. The van der Waals surface area contributed by atoms with Gasteiger partial charge in [-0.3, -0.25) is 9.69 Å². The van der Waals surface area contributed by atoms with Crippen molar-refractivity contribution < 1.29 is 14.3 Å². The van der Waals surface area contributed by atoms with Crippen LogP contribution in [0.1, 0.15) is 27.2 Å². The summed E-state index contributed by atoms with van der Waals surface area (Å²) < 4.78 is 10.6. The van der Waals surface area contributed by atoms with Gasteiger partial charge in [-0.1, -0.05) is 13.8 Å². The van der Waals surface area contributed by atoms with Crippen molar-refractivity contribution in [1.82, 2.24) is 4.90 Å². The monoisotopic (exact) mass is 304 g/mol. The van der Waals surface area contributed by atoms with Gasteiger partial charge in [0.05, 0.1) is 6.04 Å². The van der Waals surface area contributed by atoms with Gasteiger partial charge >= 0.3 is 0 Å². The fraction of sp³-hybridized carbons (Fsp3) is 0.588. The minimum absolute atomic E-state index is 0.0279. The molecule has 0 bridgehead atoms. The molecule has 0 radical (unpaired) electrons. The fourth-order valence-electron chi connectivity index (χ4n) is 3.41. The van der Waals surface area contributed by atoms with Gasteiger partial charge in [0.1, 0.15) is 0 Å². The predicted octanol–water partition coefficient (Wildman–Crippen LogP) is 2.72. The second-order valence-corrected chi connectivity index (χ2v) is 6.63. The summed E-state index contributed by atoms with van der Waals surface area (Å²) in [5.74, 6) is 2.73. The Bertz CT molecular complexity index is 551. The standard InChI is InChI=1S/C17H24N2O3/c1-11-6-12(2)9-19(8-11)13(3)17(20)18-14-4-5-15-16(7-14)22-10-21-15/h4-5,7,11-13H,6,8-10H2,1-3H3,(H,18,20)/t11-,12-,13+/m1/s1. The summed E-state index contributed by atoms with van der Waals surface area (Å²) in [4.78, 5) is 14.8. The Morgan fingerprint density at radius 2 is 1.91 bits per heavy atom. The molecule has 5 heteroatoms. The van der Waals surface area contributed by atoms with Crippen LogP contribution < -0.4 is 14.8 Å². The lowest BCUT2D eigenvalue weighted by molar-refractivity contribution is -0.121. The van der Waals surface area contributed by atoms with E-state index in [2.05, 4.69) is 24.1 Å². The number of likely N-dealkylation sites (tertiary alicyclic amines) is 1. The Morgan fingerprint density at radius 3 is 2.64 bits per heavy atom. The largest absolute Gasteiger partial charge is 0.454 e. The predicted molar refractivity (Wildman–Crippen MR) is 85.2 cm³/mol. The number of anilines is 1. The molecule has 1 amide bonds. The second-order valence-electron chi connectivity index (χ2n) is 6.63. The molecule has 1 N–H and O–H groups in total. The van der Waals surface area contributed by atoms with Crippen molar-refractivity contribution in [3.05, 3.63) is 18.2 Å². The van der Waals surface area contributed by atoms with Gasteiger partial charge in [-0.05, 0) is 37.3 Å². The molecule has 2 aliphatic heterocycles. The molecule has 1 aromatic carbocycles. The van der Waals surface area contributed by atoms with E-state index in [-0.39, 0.29) is 18.7 Å². The summed E-state index contributed by atoms with van der Waals surface area (Å²) in [6.45, 7) is 8.70. The number of hydrogen-bond acceptors (Lipinski definition) is 4. The Labute approximate surface area is 131 Å². The van der Waals surface area contributed by atoms with Crippen LogP contribution in [0.4, 0.5) is 5.69 Å². The van der Waals surface area contributed by atoms with Crippen LogP contribution in [0.3, 0.4) is 0 Å². The maximum Gasteiger partial charge on any atom is 0.241 e. The molecule has 5 nitrogen and oxygen atoms in total. The SMILES string of the molecule is C[C@@H]1C[C@@H](C)CN([C@@H](C)C(=O)Nc2ccc3c(c2)OCO3)C1. The van der Waals surface area contributed by atoms with Gasteiger partial charge in [-0.15, -0.1) is 0 Å². The van der Waals surface area contributed by atoms with Crippen LogP contribution >= 0.6 is 0 Å². The molecule has 0 aliphatic carbocycles. The molecule has 0 spiro atoms. The van der Waals surface area contributed by atoms with Gasteiger partial charge in [-0.25, -0.2) is 0 Å². The molecule has 1 aromatic rings. The summed E-state index contributed by atoms with van der Waals surface area (Å²) >= 11 is 0. The van der Waals surface area contributed by atoms with Gasteiger partial charge in [0.15, 0.2) is 11.5 Å². The zero-order valence-corrected chi connectivity index (χ0v) is 13.5. The van der Waals surface area contributed by atoms with E-state index >= 15 is 0 Å². The molecule has 0 aromatic heterocycles. The average molecular weight is 304 g/mol. The second kappa shape index (κ2) is 6.16. The van der Waals surface area contributed by atoms with Crippen molar-refractivity contribution >= 4 is 11.6 Å². The molecule has 120 valence electrons. The molecule has 1 saturated heterocycles. The lowest BCUT2D eigenvalue weighted by Gasteiger charge is -2.38. The van der Waals surface area contributed by atoms with Gasteiger partial charge in [0.2, 0.25) is 12.7 Å². The van der Waals surface area contributed by atoms with Crippen LogP contribution in [0.15, 0.2) is 18.2 Å². The minimum Gasteiger partial charge on any atom is -0.454 e. The summed E-state index contributed by atoms with van der Waals surface area (Å²) in [5.41, 5.74) is 0.749. The topological polar surface area (TPSA) is 50.8 Å². The first kappa shape index (κ1) is 15.2. The molecule has 2 heterocycles. The number of amides is 1. The number of hydrogen-bond donors (Lipinski definition) is 1. The third-order valence-electron chi connectivity index (χ3n) is 4.46. The maximum atomic E-state index is 12.5. The van der Waals surface area contributed by atoms with E-state index in [0.29, 0.717) is 17.6 Å². The number of nitrogens with one attached hydrogen (secondary N) is 1. The number of benzene rings is 1. The molecular weight excluding hydrogens is 280 g/mol. The van der Waals surface area contributed by atoms with E-state index in [1.54, 1.807) is 0 Å². The highest BCUT2D eigenvalue weighted by Gasteiger charge is 2.29. The molecule has 0 saturated carbocycles. The quantitative estimate of drug-likeness (QED) is 0.933. The highest BCUT2D eigenvalue weighted by Crippen LogP contribution is 2.34. The molecule has 3 atom stereocenters. The zero-order chi connectivity index (χ0) is 15.7. The lowest BCUT2D eigenvalue weighted by atomic mass is 9.91. The van der Waals surface area contributed by atoms with Crippen molar-refractivity contribution in [3.8, 4) is 11.5 Å². The first-order valence-electron chi connectivity index (χ1n) is 7.97. The Balaban J connectivity index is 1.63. The van der Waals surface area contributed by atoms with Crippen LogP contribution in [0, 0.1) is 11.8 Å². The number of piperidine rings is 1. The molecular formula is C17H24N2O3. The lowest BCUT2D eigenvalue weighted by Crippen LogP contribution is -2.48. The first-order chi connectivity index (χ1) is 10.5. The van der Waals surface area contributed by atoms with E-state index in [4.69, 9.17) is 9.47 Å². The van der Waals surface area contributed by atoms with Crippen molar-refractivity contribution in [1.29, 1.82) is 0 Å². The molecule has 1 fully saturated rings. The third-order valence-corrected chi connectivity index (χ3v) is 4.46. The van der Waals surface area contributed by atoms with Crippen LogP contribution in [0.25, 0.3) is 0 Å². The number of ether oxygens (including phenoxy) is 2. The van der Waals surface area contributed by atoms with Crippen LogP contribution in [-0.4, -0.2) is 36.7 Å². The van der Waals surface area contributed by atoms with Gasteiger partial charge in [0, 0.05) is 24.8 Å². The molecule has 3 rings (SSSR count). The van der Waals surface area contributed by atoms with E-state index in [1.807, 2.05) is 25.1 Å².